The van der Waals surface area contributed by atoms with Gasteiger partial charge in [0.05, 0.1) is 10.0 Å². The Balaban J connectivity index is 2.77. The third-order valence-corrected chi connectivity index (χ3v) is 3.02. The Bertz CT molecular complexity index is 407. The zero-order valence-corrected chi connectivity index (χ0v) is 10.6. The van der Waals surface area contributed by atoms with Crippen molar-refractivity contribution in [3.8, 4) is 11.8 Å². The van der Waals surface area contributed by atoms with Crippen LogP contribution in [0.25, 0.3) is 0 Å². The fourth-order valence-corrected chi connectivity index (χ4v) is 1.72. The Labute approximate surface area is 106 Å². The fraction of sp³-hybridized carbons (Fsp3) is 0.333. The van der Waals surface area contributed by atoms with Crippen LogP contribution >= 0.6 is 23.2 Å². The first kappa shape index (κ1) is 13.3. The monoisotopic (exact) mass is 256 g/mol. The molecule has 0 aliphatic heterocycles. The van der Waals surface area contributed by atoms with Gasteiger partial charge in [0.15, 0.2) is 0 Å². The van der Waals surface area contributed by atoms with Crippen molar-refractivity contribution in [1.82, 2.24) is 5.43 Å². The highest BCUT2D eigenvalue weighted by Crippen LogP contribution is 2.26. The van der Waals surface area contributed by atoms with E-state index >= 15 is 0 Å². The lowest BCUT2D eigenvalue weighted by Gasteiger charge is -2.15. The minimum atomic E-state index is 0.0515. The SMILES string of the molecule is CC#CCCC(NN)c1ccc(Cl)c(Cl)c1. The van der Waals surface area contributed by atoms with Crippen molar-refractivity contribution >= 4 is 23.2 Å². The van der Waals surface area contributed by atoms with Crippen LogP contribution in [0, 0.1) is 11.8 Å². The van der Waals surface area contributed by atoms with Crippen LogP contribution in [0.1, 0.15) is 31.4 Å². The summed E-state index contributed by atoms with van der Waals surface area (Å²) in [7, 11) is 0. The molecule has 0 aliphatic rings. The molecule has 0 heterocycles. The predicted octanol–water partition coefficient (Wildman–Crippen LogP) is 3.30. The highest BCUT2D eigenvalue weighted by molar-refractivity contribution is 6.42. The van der Waals surface area contributed by atoms with Crippen molar-refractivity contribution < 1.29 is 0 Å². The summed E-state index contributed by atoms with van der Waals surface area (Å²) < 4.78 is 0. The van der Waals surface area contributed by atoms with Gasteiger partial charge in [0.1, 0.15) is 0 Å². The summed E-state index contributed by atoms with van der Waals surface area (Å²) in [4.78, 5) is 0. The number of benzene rings is 1. The van der Waals surface area contributed by atoms with Crippen LogP contribution in [0.4, 0.5) is 0 Å². The highest BCUT2D eigenvalue weighted by Gasteiger charge is 2.10. The van der Waals surface area contributed by atoms with Gasteiger partial charge in [0.2, 0.25) is 0 Å². The average Bonchev–Trinajstić information content (AvgIpc) is 2.29. The molecule has 0 bridgehead atoms. The molecule has 16 heavy (non-hydrogen) atoms. The van der Waals surface area contributed by atoms with Crippen molar-refractivity contribution in [3.05, 3.63) is 33.8 Å². The van der Waals surface area contributed by atoms with Crippen LogP contribution in [0.5, 0.6) is 0 Å². The largest absolute Gasteiger partial charge is 0.271 e. The van der Waals surface area contributed by atoms with E-state index in [1.807, 2.05) is 19.1 Å². The molecule has 0 saturated carbocycles. The first-order valence-corrected chi connectivity index (χ1v) is 5.75. The number of hydrogen-bond acceptors (Lipinski definition) is 2. The second-order valence-electron chi connectivity index (χ2n) is 3.36. The number of hydrogen-bond donors (Lipinski definition) is 2. The maximum atomic E-state index is 5.95. The molecule has 1 atom stereocenters. The van der Waals surface area contributed by atoms with Crippen molar-refractivity contribution in [1.29, 1.82) is 0 Å². The summed E-state index contributed by atoms with van der Waals surface area (Å²) in [5.74, 6) is 11.4. The van der Waals surface area contributed by atoms with Gasteiger partial charge in [-0.1, -0.05) is 29.3 Å². The van der Waals surface area contributed by atoms with E-state index in [4.69, 9.17) is 29.0 Å². The molecular formula is C12H14Cl2N2. The van der Waals surface area contributed by atoms with E-state index in [-0.39, 0.29) is 6.04 Å². The number of nitrogens with two attached hydrogens (primary N) is 1. The normalized spacial score (nSPS) is 11.8. The Kier molecular flexibility index (Phi) is 5.65. The van der Waals surface area contributed by atoms with Gasteiger partial charge in [0.25, 0.3) is 0 Å². The first-order chi connectivity index (χ1) is 7.69. The molecule has 1 unspecified atom stereocenters. The number of hydrazine groups is 1. The first-order valence-electron chi connectivity index (χ1n) is 4.99. The molecule has 0 saturated heterocycles. The Morgan fingerprint density at radius 2 is 2.12 bits per heavy atom. The van der Waals surface area contributed by atoms with Gasteiger partial charge >= 0.3 is 0 Å². The summed E-state index contributed by atoms with van der Waals surface area (Å²) in [6.07, 6.45) is 1.64. The molecular weight excluding hydrogens is 243 g/mol. The van der Waals surface area contributed by atoms with Gasteiger partial charge in [0, 0.05) is 12.5 Å². The van der Waals surface area contributed by atoms with Crippen LogP contribution < -0.4 is 11.3 Å². The van der Waals surface area contributed by atoms with Crippen LogP contribution in [-0.4, -0.2) is 0 Å². The standard InChI is InChI=1S/C12H14Cl2N2/c1-2-3-4-5-12(16-15)9-6-7-10(13)11(14)8-9/h6-8,12,16H,4-5,15H2,1H3. The summed E-state index contributed by atoms with van der Waals surface area (Å²) in [5.41, 5.74) is 3.78. The molecule has 0 fully saturated rings. The molecule has 0 radical (unpaired) electrons. The van der Waals surface area contributed by atoms with Crippen molar-refractivity contribution in [2.24, 2.45) is 5.84 Å². The van der Waals surface area contributed by atoms with Gasteiger partial charge in [-0.15, -0.1) is 11.8 Å². The molecule has 0 aromatic heterocycles. The lowest BCUT2D eigenvalue weighted by Crippen LogP contribution is -2.27. The number of halogens is 2. The third-order valence-electron chi connectivity index (χ3n) is 2.28. The lowest BCUT2D eigenvalue weighted by atomic mass is 10.0. The lowest BCUT2D eigenvalue weighted by molar-refractivity contribution is 0.524. The Hall–Kier alpha value is -0.720. The molecule has 4 heteroatoms. The molecule has 86 valence electrons. The van der Waals surface area contributed by atoms with E-state index < -0.39 is 0 Å². The predicted molar refractivity (Wildman–Crippen MR) is 69.2 cm³/mol. The smallest absolute Gasteiger partial charge is 0.0595 e. The van der Waals surface area contributed by atoms with Crippen LogP contribution in [0.2, 0.25) is 10.0 Å². The molecule has 1 aromatic carbocycles. The fourth-order valence-electron chi connectivity index (χ4n) is 1.42. The van der Waals surface area contributed by atoms with E-state index in [0.717, 1.165) is 18.4 Å². The zero-order valence-electron chi connectivity index (χ0n) is 9.06. The van der Waals surface area contributed by atoms with E-state index in [1.165, 1.54) is 0 Å². The minimum absolute atomic E-state index is 0.0515. The van der Waals surface area contributed by atoms with Gasteiger partial charge in [-0.3, -0.25) is 11.3 Å². The topological polar surface area (TPSA) is 38.0 Å². The number of rotatable bonds is 4. The minimum Gasteiger partial charge on any atom is -0.271 e. The maximum Gasteiger partial charge on any atom is 0.0595 e. The molecule has 0 aliphatic carbocycles. The second kappa shape index (κ2) is 6.78. The van der Waals surface area contributed by atoms with Gasteiger partial charge in [-0.05, 0) is 31.0 Å². The zero-order chi connectivity index (χ0) is 12.0. The van der Waals surface area contributed by atoms with Crippen LogP contribution in [-0.2, 0) is 0 Å². The summed E-state index contributed by atoms with van der Waals surface area (Å²) in [5, 5.41) is 1.09. The van der Waals surface area contributed by atoms with Crippen LogP contribution in [0.3, 0.4) is 0 Å². The number of nitrogens with one attached hydrogen (secondary N) is 1. The summed E-state index contributed by atoms with van der Waals surface area (Å²) in [6, 6.07) is 5.57. The molecule has 1 aromatic rings. The summed E-state index contributed by atoms with van der Waals surface area (Å²) in [6.45, 7) is 1.82. The Morgan fingerprint density at radius 1 is 1.38 bits per heavy atom. The maximum absolute atomic E-state index is 5.95. The van der Waals surface area contributed by atoms with Gasteiger partial charge < -0.3 is 0 Å². The average molecular weight is 257 g/mol. The molecule has 0 spiro atoms. The summed E-state index contributed by atoms with van der Waals surface area (Å²) >= 11 is 11.8. The Morgan fingerprint density at radius 3 is 2.69 bits per heavy atom. The quantitative estimate of drug-likeness (QED) is 0.493. The van der Waals surface area contributed by atoms with Gasteiger partial charge in [-0.25, -0.2) is 0 Å². The third kappa shape index (κ3) is 3.70. The highest BCUT2D eigenvalue weighted by atomic mass is 35.5. The van der Waals surface area contributed by atoms with E-state index in [0.29, 0.717) is 10.0 Å². The van der Waals surface area contributed by atoms with Gasteiger partial charge in [-0.2, -0.15) is 0 Å². The molecule has 2 nitrogen and oxygen atoms in total. The van der Waals surface area contributed by atoms with E-state index in [1.54, 1.807) is 6.07 Å². The van der Waals surface area contributed by atoms with Crippen molar-refractivity contribution in [2.75, 3.05) is 0 Å². The van der Waals surface area contributed by atoms with Crippen molar-refractivity contribution in [2.45, 2.75) is 25.8 Å². The van der Waals surface area contributed by atoms with E-state index in [2.05, 4.69) is 17.3 Å². The molecule has 0 amide bonds. The second-order valence-corrected chi connectivity index (χ2v) is 4.17. The molecule has 1 rings (SSSR count). The van der Waals surface area contributed by atoms with Crippen molar-refractivity contribution in [3.63, 3.8) is 0 Å². The van der Waals surface area contributed by atoms with E-state index in [9.17, 15) is 0 Å². The molecule has 3 N–H and O–H groups in total. The van der Waals surface area contributed by atoms with Crippen LogP contribution in [0.15, 0.2) is 18.2 Å².